The van der Waals surface area contributed by atoms with Crippen LogP contribution < -0.4 is 5.32 Å². The van der Waals surface area contributed by atoms with Gasteiger partial charge in [0.25, 0.3) is 0 Å². The first-order valence-corrected chi connectivity index (χ1v) is 7.91. The van der Waals surface area contributed by atoms with E-state index in [0.29, 0.717) is 6.04 Å². The number of benzene rings is 1. The topological polar surface area (TPSA) is 46.9 Å². The molecule has 2 aromatic rings. The van der Waals surface area contributed by atoms with Crippen molar-refractivity contribution < 1.29 is 4.79 Å². The van der Waals surface area contributed by atoms with Crippen LogP contribution in [0.15, 0.2) is 24.3 Å². The first kappa shape index (κ1) is 14.1. The van der Waals surface area contributed by atoms with Crippen molar-refractivity contribution in [1.29, 1.82) is 0 Å². The van der Waals surface area contributed by atoms with Crippen molar-refractivity contribution in [3.63, 3.8) is 0 Å². The Morgan fingerprint density at radius 3 is 2.76 bits per heavy atom. The second-order valence-electron chi connectivity index (χ2n) is 6.07. The van der Waals surface area contributed by atoms with Gasteiger partial charge in [-0.15, -0.1) is 0 Å². The summed E-state index contributed by atoms with van der Waals surface area (Å²) in [6.07, 6.45) is 5.96. The Bertz CT molecular complexity index is 641. The summed E-state index contributed by atoms with van der Waals surface area (Å²) in [5.41, 5.74) is 2.00. The van der Waals surface area contributed by atoms with Crippen LogP contribution in [0.3, 0.4) is 0 Å². The molecule has 1 unspecified atom stereocenters. The molecule has 0 spiro atoms. The minimum atomic E-state index is -0.273. The van der Waals surface area contributed by atoms with Gasteiger partial charge in [0.2, 0.25) is 5.91 Å². The second-order valence-corrected chi connectivity index (χ2v) is 6.07. The van der Waals surface area contributed by atoms with E-state index in [9.17, 15) is 4.79 Å². The molecule has 1 aromatic carbocycles. The average Bonchev–Trinajstić information content (AvgIpc) is 2.85. The molecule has 0 radical (unpaired) electrons. The number of amides is 1. The Kier molecular flexibility index (Phi) is 3.95. The largest absolute Gasteiger partial charge is 0.352 e. The summed E-state index contributed by atoms with van der Waals surface area (Å²) in [5, 5.41) is 8.87. The zero-order chi connectivity index (χ0) is 14.8. The van der Waals surface area contributed by atoms with Crippen molar-refractivity contribution in [2.75, 3.05) is 0 Å². The van der Waals surface area contributed by atoms with E-state index < -0.39 is 0 Å². The summed E-state index contributed by atoms with van der Waals surface area (Å²) in [6.45, 7) is 3.92. The number of hydrogen-bond donors (Lipinski definition) is 1. The number of nitrogens with zero attached hydrogens (tertiary/aromatic N) is 2. The van der Waals surface area contributed by atoms with Crippen molar-refractivity contribution in [1.82, 2.24) is 15.1 Å². The minimum Gasteiger partial charge on any atom is -0.352 e. The maximum atomic E-state index is 12.5. The highest BCUT2D eigenvalue weighted by Gasteiger charge is 2.22. The molecule has 1 fully saturated rings. The predicted octanol–water partition coefficient (Wildman–Crippen LogP) is 3.35. The minimum absolute atomic E-state index is 0.0788. The van der Waals surface area contributed by atoms with Gasteiger partial charge in [-0.05, 0) is 32.8 Å². The van der Waals surface area contributed by atoms with Gasteiger partial charge in [0.1, 0.15) is 6.04 Å². The van der Waals surface area contributed by atoms with Crippen LogP contribution in [0, 0.1) is 6.92 Å². The first-order chi connectivity index (χ1) is 10.2. The average molecular weight is 285 g/mol. The summed E-state index contributed by atoms with van der Waals surface area (Å²) in [4.78, 5) is 12.5. The molecule has 4 nitrogen and oxygen atoms in total. The normalized spacial score (nSPS) is 17.8. The Hall–Kier alpha value is -1.84. The number of hydrogen-bond acceptors (Lipinski definition) is 2. The molecule has 0 bridgehead atoms. The van der Waals surface area contributed by atoms with Crippen LogP contribution in [-0.4, -0.2) is 21.7 Å². The molecule has 1 aliphatic rings. The lowest BCUT2D eigenvalue weighted by molar-refractivity contribution is -0.125. The molecule has 4 heteroatoms. The monoisotopic (exact) mass is 285 g/mol. The maximum absolute atomic E-state index is 12.5. The third-order valence-electron chi connectivity index (χ3n) is 4.50. The fourth-order valence-electron chi connectivity index (χ4n) is 3.22. The van der Waals surface area contributed by atoms with E-state index in [1.807, 2.05) is 36.7 Å². The van der Waals surface area contributed by atoms with Crippen LogP contribution in [-0.2, 0) is 4.79 Å². The van der Waals surface area contributed by atoms with Crippen molar-refractivity contribution >= 4 is 16.8 Å². The molecule has 1 aliphatic carbocycles. The number of nitrogens with one attached hydrogen (secondary N) is 1. The molecule has 21 heavy (non-hydrogen) atoms. The summed E-state index contributed by atoms with van der Waals surface area (Å²) in [6, 6.07) is 8.15. The van der Waals surface area contributed by atoms with Gasteiger partial charge in [-0.2, -0.15) is 5.10 Å². The van der Waals surface area contributed by atoms with Crippen LogP contribution in [0.2, 0.25) is 0 Å². The third kappa shape index (κ3) is 2.80. The molecule has 3 rings (SSSR count). The van der Waals surface area contributed by atoms with Crippen LogP contribution in [0.1, 0.15) is 50.8 Å². The van der Waals surface area contributed by atoms with Crippen LogP contribution in [0.5, 0.6) is 0 Å². The van der Waals surface area contributed by atoms with E-state index >= 15 is 0 Å². The van der Waals surface area contributed by atoms with Gasteiger partial charge in [-0.1, -0.05) is 37.5 Å². The van der Waals surface area contributed by atoms with Crippen LogP contribution in [0.4, 0.5) is 0 Å². The van der Waals surface area contributed by atoms with Gasteiger partial charge in [0.05, 0.1) is 11.2 Å². The molecule has 1 amide bonds. The van der Waals surface area contributed by atoms with Gasteiger partial charge >= 0.3 is 0 Å². The van der Waals surface area contributed by atoms with E-state index in [0.717, 1.165) is 29.4 Å². The maximum Gasteiger partial charge on any atom is 0.244 e. The SMILES string of the molecule is Cc1nn(C(C)C(=O)NC2CCCCC2)c2ccccc12. The summed E-state index contributed by atoms with van der Waals surface area (Å²) in [7, 11) is 0. The number of carbonyl (C=O) groups excluding carboxylic acids is 1. The van der Waals surface area contributed by atoms with E-state index in [1.54, 1.807) is 0 Å². The van der Waals surface area contributed by atoms with Gasteiger partial charge in [0, 0.05) is 11.4 Å². The number of fused-ring (bicyclic) bond motifs is 1. The van der Waals surface area contributed by atoms with Gasteiger partial charge in [-0.3, -0.25) is 9.48 Å². The summed E-state index contributed by atoms with van der Waals surface area (Å²) < 4.78 is 1.85. The number of carbonyl (C=O) groups is 1. The number of aryl methyl sites for hydroxylation is 1. The quantitative estimate of drug-likeness (QED) is 0.940. The Balaban J connectivity index is 1.79. The van der Waals surface area contributed by atoms with Crippen molar-refractivity contribution in [2.24, 2.45) is 0 Å². The van der Waals surface area contributed by atoms with E-state index in [2.05, 4.69) is 16.5 Å². The van der Waals surface area contributed by atoms with Crippen LogP contribution in [0.25, 0.3) is 10.9 Å². The molecular formula is C17H23N3O. The van der Waals surface area contributed by atoms with E-state index in [-0.39, 0.29) is 11.9 Å². The lowest BCUT2D eigenvalue weighted by Gasteiger charge is -2.24. The molecule has 112 valence electrons. The summed E-state index contributed by atoms with van der Waals surface area (Å²) in [5.74, 6) is 0.0788. The van der Waals surface area contributed by atoms with E-state index in [4.69, 9.17) is 0 Å². The Labute approximate surface area is 125 Å². The molecule has 0 aliphatic heterocycles. The molecule has 1 atom stereocenters. The van der Waals surface area contributed by atoms with Crippen molar-refractivity contribution in [2.45, 2.75) is 58.0 Å². The Morgan fingerprint density at radius 2 is 2.00 bits per heavy atom. The molecule has 1 N–H and O–H groups in total. The molecular weight excluding hydrogens is 262 g/mol. The van der Waals surface area contributed by atoms with Crippen molar-refractivity contribution in [3.05, 3.63) is 30.0 Å². The highest BCUT2D eigenvalue weighted by Crippen LogP contribution is 2.22. The lowest BCUT2D eigenvalue weighted by Crippen LogP contribution is -2.40. The van der Waals surface area contributed by atoms with E-state index in [1.165, 1.54) is 19.3 Å². The van der Waals surface area contributed by atoms with Gasteiger partial charge < -0.3 is 5.32 Å². The van der Waals surface area contributed by atoms with Crippen LogP contribution >= 0.6 is 0 Å². The number of aromatic nitrogens is 2. The first-order valence-electron chi connectivity index (χ1n) is 7.91. The fraction of sp³-hybridized carbons (Fsp3) is 0.529. The molecule has 1 saturated carbocycles. The zero-order valence-electron chi connectivity index (χ0n) is 12.8. The molecule has 1 heterocycles. The molecule has 0 saturated heterocycles. The van der Waals surface area contributed by atoms with Crippen molar-refractivity contribution in [3.8, 4) is 0 Å². The standard InChI is InChI=1S/C17H23N3O/c1-12-15-10-6-7-11-16(15)20(19-12)13(2)17(21)18-14-8-4-3-5-9-14/h6-7,10-11,13-14H,3-5,8-9H2,1-2H3,(H,18,21). The number of rotatable bonds is 3. The predicted molar refractivity (Wildman–Crippen MR) is 84.2 cm³/mol. The highest BCUT2D eigenvalue weighted by molar-refractivity contribution is 5.86. The molecule has 1 aromatic heterocycles. The van der Waals surface area contributed by atoms with Gasteiger partial charge in [-0.25, -0.2) is 0 Å². The third-order valence-corrected chi connectivity index (χ3v) is 4.50. The Morgan fingerprint density at radius 1 is 1.29 bits per heavy atom. The smallest absolute Gasteiger partial charge is 0.244 e. The lowest BCUT2D eigenvalue weighted by atomic mass is 9.95. The second kappa shape index (κ2) is 5.88. The number of para-hydroxylation sites is 1. The van der Waals surface area contributed by atoms with Gasteiger partial charge in [0.15, 0.2) is 0 Å². The zero-order valence-corrected chi connectivity index (χ0v) is 12.8. The fourth-order valence-corrected chi connectivity index (χ4v) is 3.22. The summed E-state index contributed by atoms with van der Waals surface area (Å²) >= 11 is 0. The highest BCUT2D eigenvalue weighted by atomic mass is 16.2.